The minimum atomic E-state index is -0.265. The Labute approximate surface area is 175 Å². The number of amides is 1. The number of carbonyl (C=O) groups excluding carboxylic acids is 1. The first-order valence-electron chi connectivity index (χ1n) is 9.39. The molecule has 0 atom stereocenters. The molecular formula is C21H20N4O2S2. The Hall–Kier alpha value is -2.84. The molecule has 0 saturated carbocycles. The van der Waals surface area contributed by atoms with E-state index < -0.39 is 0 Å². The van der Waals surface area contributed by atoms with Crippen molar-refractivity contribution in [2.75, 3.05) is 5.32 Å². The summed E-state index contributed by atoms with van der Waals surface area (Å²) < 4.78 is 1.63. The molecule has 0 aliphatic heterocycles. The second-order valence-electron chi connectivity index (χ2n) is 6.69. The van der Waals surface area contributed by atoms with Gasteiger partial charge in [0.05, 0.1) is 22.3 Å². The van der Waals surface area contributed by atoms with Crippen LogP contribution in [0, 0.1) is 6.92 Å². The van der Waals surface area contributed by atoms with Gasteiger partial charge in [0, 0.05) is 17.5 Å². The van der Waals surface area contributed by atoms with E-state index in [1.165, 1.54) is 22.7 Å². The summed E-state index contributed by atoms with van der Waals surface area (Å²) >= 11 is 2.62. The maximum absolute atomic E-state index is 12.8. The predicted octanol–water partition coefficient (Wildman–Crippen LogP) is 4.94. The molecule has 4 rings (SSSR count). The first-order chi connectivity index (χ1) is 14.1. The van der Waals surface area contributed by atoms with Crippen molar-refractivity contribution in [3.05, 3.63) is 62.8 Å². The van der Waals surface area contributed by atoms with Crippen molar-refractivity contribution < 1.29 is 4.79 Å². The van der Waals surface area contributed by atoms with Gasteiger partial charge >= 0.3 is 0 Å². The van der Waals surface area contributed by atoms with E-state index in [0.717, 1.165) is 24.1 Å². The van der Waals surface area contributed by atoms with Crippen LogP contribution in [0.1, 0.15) is 35.0 Å². The summed E-state index contributed by atoms with van der Waals surface area (Å²) in [7, 11) is 0. The van der Waals surface area contributed by atoms with Crippen LogP contribution < -0.4 is 10.9 Å². The van der Waals surface area contributed by atoms with E-state index in [9.17, 15) is 9.59 Å². The van der Waals surface area contributed by atoms with Gasteiger partial charge in [-0.3, -0.25) is 19.5 Å². The molecule has 3 aromatic heterocycles. The number of benzene rings is 1. The molecule has 0 saturated heterocycles. The van der Waals surface area contributed by atoms with Crippen molar-refractivity contribution in [2.24, 2.45) is 0 Å². The van der Waals surface area contributed by atoms with Gasteiger partial charge in [0.1, 0.15) is 4.83 Å². The summed E-state index contributed by atoms with van der Waals surface area (Å²) in [5, 5.41) is 5.83. The highest BCUT2D eigenvalue weighted by Gasteiger charge is 2.20. The first kappa shape index (κ1) is 19.5. The number of aryl methyl sites for hydroxylation is 2. The molecule has 8 heteroatoms. The number of thiazole rings is 1. The van der Waals surface area contributed by atoms with Gasteiger partial charge in [-0.15, -0.1) is 22.7 Å². The smallest absolute Gasteiger partial charge is 0.267 e. The Morgan fingerprint density at radius 2 is 2.03 bits per heavy atom. The number of fused-ring (bicyclic) bond motifs is 1. The van der Waals surface area contributed by atoms with Crippen LogP contribution in [-0.4, -0.2) is 20.4 Å². The molecule has 0 spiro atoms. The molecule has 4 aromatic rings. The molecule has 29 heavy (non-hydrogen) atoms. The Bertz CT molecular complexity index is 1220. The average Bonchev–Trinajstić information content (AvgIpc) is 3.33. The fraction of sp³-hybridized carbons (Fsp3) is 0.238. The normalized spacial score (nSPS) is 11.1. The number of aromatic nitrogens is 3. The van der Waals surface area contributed by atoms with Crippen LogP contribution in [0.15, 0.2) is 46.8 Å². The van der Waals surface area contributed by atoms with Crippen molar-refractivity contribution >= 4 is 43.9 Å². The van der Waals surface area contributed by atoms with Crippen molar-refractivity contribution in [1.82, 2.24) is 14.5 Å². The van der Waals surface area contributed by atoms with Crippen LogP contribution in [0.4, 0.5) is 5.13 Å². The van der Waals surface area contributed by atoms with E-state index in [2.05, 4.69) is 22.2 Å². The van der Waals surface area contributed by atoms with E-state index in [-0.39, 0.29) is 11.5 Å². The summed E-state index contributed by atoms with van der Waals surface area (Å²) in [5.74, 6) is -0.265. The molecule has 0 aliphatic carbocycles. The van der Waals surface area contributed by atoms with Crippen LogP contribution in [0.25, 0.3) is 21.5 Å². The Morgan fingerprint density at radius 3 is 2.79 bits per heavy atom. The van der Waals surface area contributed by atoms with Crippen LogP contribution in [-0.2, 0) is 6.54 Å². The molecule has 3 heterocycles. The fourth-order valence-electron chi connectivity index (χ4n) is 3.09. The number of rotatable bonds is 6. The van der Waals surface area contributed by atoms with Crippen molar-refractivity contribution in [1.29, 1.82) is 0 Å². The summed E-state index contributed by atoms with van der Waals surface area (Å²) in [4.78, 5) is 35.6. The number of thiophene rings is 1. The number of carbonyl (C=O) groups is 1. The van der Waals surface area contributed by atoms with Crippen LogP contribution in [0.3, 0.4) is 0 Å². The standard InChI is InChI=1S/C21H20N4O2S2/c1-3-4-10-25-12-22-19-16(20(25)27)13(2)17(29-19)18(26)24-21-23-15(11-28-21)14-8-6-5-7-9-14/h5-9,11-12H,3-4,10H2,1-2H3,(H,23,24,26). The van der Waals surface area contributed by atoms with Gasteiger partial charge in [0.2, 0.25) is 0 Å². The minimum absolute atomic E-state index is 0.0862. The maximum Gasteiger partial charge on any atom is 0.267 e. The highest BCUT2D eigenvalue weighted by Crippen LogP contribution is 2.29. The molecule has 1 aromatic carbocycles. The highest BCUT2D eigenvalue weighted by molar-refractivity contribution is 7.21. The van der Waals surface area contributed by atoms with E-state index in [1.807, 2.05) is 35.7 Å². The zero-order chi connectivity index (χ0) is 20.4. The molecule has 0 bridgehead atoms. The summed E-state index contributed by atoms with van der Waals surface area (Å²) in [6, 6.07) is 9.81. The topological polar surface area (TPSA) is 76.9 Å². The molecule has 6 nitrogen and oxygen atoms in total. The van der Waals surface area contributed by atoms with Crippen LogP contribution in [0.2, 0.25) is 0 Å². The molecule has 0 fully saturated rings. The van der Waals surface area contributed by atoms with Gasteiger partial charge in [-0.2, -0.15) is 0 Å². The Morgan fingerprint density at radius 1 is 1.24 bits per heavy atom. The Kier molecular flexibility index (Phi) is 5.55. The lowest BCUT2D eigenvalue weighted by Crippen LogP contribution is -2.20. The maximum atomic E-state index is 12.8. The lowest BCUT2D eigenvalue weighted by Gasteiger charge is -2.03. The third kappa shape index (κ3) is 3.86. The largest absolute Gasteiger partial charge is 0.299 e. The number of hydrogen-bond donors (Lipinski definition) is 1. The van der Waals surface area contributed by atoms with Gasteiger partial charge in [-0.25, -0.2) is 9.97 Å². The van der Waals surface area contributed by atoms with E-state index in [0.29, 0.717) is 32.3 Å². The van der Waals surface area contributed by atoms with Crippen LogP contribution in [0.5, 0.6) is 0 Å². The molecule has 0 unspecified atom stereocenters. The predicted molar refractivity (Wildman–Crippen MR) is 119 cm³/mol. The monoisotopic (exact) mass is 424 g/mol. The molecule has 0 aliphatic rings. The first-order valence-corrected chi connectivity index (χ1v) is 11.1. The number of nitrogens with one attached hydrogen (secondary N) is 1. The number of hydrogen-bond acceptors (Lipinski definition) is 6. The number of unbranched alkanes of at least 4 members (excludes halogenated alkanes) is 1. The van der Waals surface area contributed by atoms with Gasteiger partial charge in [0.15, 0.2) is 5.13 Å². The molecule has 1 amide bonds. The highest BCUT2D eigenvalue weighted by atomic mass is 32.1. The quantitative estimate of drug-likeness (QED) is 0.475. The summed E-state index contributed by atoms with van der Waals surface area (Å²) in [6.07, 6.45) is 3.49. The molecule has 1 N–H and O–H groups in total. The number of nitrogens with zero attached hydrogens (tertiary/aromatic N) is 3. The van der Waals surface area contributed by atoms with E-state index in [4.69, 9.17) is 0 Å². The molecule has 0 radical (unpaired) electrons. The summed E-state index contributed by atoms with van der Waals surface area (Å²) in [5.41, 5.74) is 2.40. The molecule has 148 valence electrons. The zero-order valence-corrected chi connectivity index (χ0v) is 17.8. The minimum Gasteiger partial charge on any atom is -0.299 e. The number of anilines is 1. The van der Waals surface area contributed by atoms with Crippen LogP contribution >= 0.6 is 22.7 Å². The fourth-order valence-corrected chi connectivity index (χ4v) is 4.84. The third-order valence-electron chi connectivity index (χ3n) is 4.67. The average molecular weight is 425 g/mol. The van der Waals surface area contributed by atoms with Crippen molar-refractivity contribution in [3.8, 4) is 11.3 Å². The van der Waals surface area contributed by atoms with Gasteiger partial charge in [-0.1, -0.05) is 43.7 Å². The lowest BCUT2D eigenvalue weighted by atomic mass is 10.2. The summed E-state index contributed by atoms with van der Waals surface area (Å²) in [6.45, 7) is 4.52. The van der Waals surface area contributed by atoms with Gasteiger partial charge < -0.3 is 0 Å². The SMILES string of the molecule is CCCCn1cnc2sc(C(=O)Nc3nc(-c4ccccc4)cs3)c(C)c2c1=O. The van der Waals surface area contributed by atoms with Gasteiger partial charge in [0.25, 0.3) is 11.5 Å². The van der Waals surface area contributed by atoms with E-state index >= 15 is 0 Å². The molecular weight excluding hydrogens is 404 g/mol. The third-order valence-corrected chi connectivity index (χ3v) is 6.63. The zero-order valence-electron chi connectivity index (χ0n) is 16.1. The van der Waals surface area contributed by atoms with Crippen molar-refractivity contribution in [3.63, 3.8) is 0 Å². The second-order valence-corrected chi connectivity index (χ2v) is 8.55. The lowest BCUT2D eigenvalue weighted by molar-refractivity contribution is 0.103. The van der Waals surface area contributed by atoms with Gasteiger partial charge in [-0.05, 0) is 18.9 Å². The van der Waals surface area contributed by atoms with E-state index in [1.54, 1.807) is 17.8 Å². The van der Waals surface area contributed by atoms with Crippen molar-refractivity contribution in [2.45, 2.75) is 33.2 Å². The Balaban J connectivity index is 1.61. The second kappa shape index (κ2) is 8.26.